The molecular weight excluding hydrogens is 322 g/mol. The summed E-state index contributed by atoms with van der Waals surface area (Å²) < 4.78 is 3.98. The molecule has 1 saturated carbocycles. The Morgan fingerprint density at radius 1 is 1.35 bits per heavy atom. The highest BCUT2D eigenvalue weighted by Crippen LogP contribution is 2.29. The molecule has 1 aromatic heterocycles. The lowest BCUT2D eigenvalue weighted by molar-refractivity contribution is -0.121. The van der Waals surface area contributed by atoms with Crippen molar-refractivity contribution in [1.82, 2.24) is 9.13 Å². The molecule has 104 valence electrons. The van der Waals surface area contributed by atoms with Crippen LogP contribution in [0.15, 0.2) is 27.5 Å². The van der Waals surface area contributed by atoms with Crippen LogP contribution < -0.4 is 5.69 Å². The van der Waals surface area contributed by atoms with Crippen LogP contribution in [0.2, 0.25) is 0 Å². The lowest BCUT2D eigenvalue weighted by Gasteiger charge is -2.22. The van der Waals surface area contributed by atoms with E-state index in [-0.39, 0.29) is 17.9 Å². The maximum atomic E-state index is 12.5. The number of hydrogen-bond acceptors (Lipinski definition) is 3. The Kier molecular flexibility index (Phi) is 3.12. The number of aryl methyl sites for hydroxylation is 1. The van der Waals surface area contributed by atoms with E-state index in [2.05, 4.69) is 15.9 Å². The summed E-state index contributed by atoms with van der Waals surface area (Å²) in [6.45, 7) is 0. The van der Waals surface area contributed by atoms with Crippen molar-refractivity contribution in [3.8, 4) is 0 Å². The molecule has 1 heterocycles. The van der Waals surface area contributed by atoms with Gasteiger partial charge in [0.1, 0.15) is 0 Å². The molecule has 6 heteroatoms. The van der Waals surface area contributed by atoms with E-state index in [1.807, 2.05) is 18.2 Å². The normalized spacial score (nSPS) is 19.8. The molecule has 3 rings (SSSR count). The topological polar surface area (TPSA) is 67.8 Å². The third-order valence-corrected chi connectivity index (χ3v) is 4.48. The number of Topliss-reactive ketones (excluding diaryl/α,β-unsaturated/α-hetero) is 1. The van der Waals surface area contributed by atoms with Gasteiger partial charge in [-0.1, -0.05) is 6.07 Å². The summed E-state index contributed by atoms with van der Waals surface area (Å²) in [5, 5.41) is 7.61. The molecule has 0 aliphatic heterocycles. The molecule has 0 spiro atoms. The van der Waals surface area contributed by atoms with Crippen LogP contribution in [0.1, 0.15) is 25.3 Å². The Morgan fingerprint density at radius 3 is 2.80 bits per heavy atom. The van der Waals surface area contributed by atoms with Crippen molar-refractivity contribution in [2.45, 2.75) is 25.3 Å². The second-order valence-electron chi connectivity index (χ2n) is 5.12. The summed E-state index contributed by atoms with van der Waals surface area (Å²) in [6, 6.07) is 5.14. The fraction of sp³-hybridized carbons (Fsp3) is 0.357. The highest BCUT2D eigenvalue weighted by molar-refractivity contribution is 9.10. The lowest BCUT2D eigenvalue weighted by Crippen LogP contribution is -2.34. The van der Waals surface area contributed by atoms with Gasteiger partial charge >= 0.3 is 5.69 Å². The van der Waals surface area contributed by atoms with E-state index in [1.54, 1.807) is 16.2 Å². The number of ketones is 1. The molecule has 1 fully saturated rings. The highest BCUT2D eigenvalue weighted by Gasteiger charge is 2.30. The summed E-state index contributed by atoms with van der Waals surface area (Å²) in [5.74, 6) is -0.0455. The van der Waals surface area contributed by atoms with Gasteiger partial charge in [0, 0.05) is 23.7 Å². The van der Waals surface area contributed by atoms with Crippen molar-refractivity contribution < 1.29 is 4.79 Å². The number of imidazole rings is 1. The molecule has 0 amide bonds. The van der Waals surface area contributed by atoms with E-state index < -0.39 is 6.04 Å². The maximum absolute atomic E-state index is 12.5. The maximum Gasteiger partial charge on any atom is 0.329 e. The minimum absolute atomic E-state index is 0.0455. The molecule has 1 N–H and O–H groups in total. The summed E-state index contributed by atoms with van der Waals surface area (Å²) in [4.78, 5) is 24.6. The van der Waals surface area contributed by atoms with Crippen LogP contribution >= 0.6 is 15.9 Å². The molecule has 0 bridgehead atoms. The first-order chi connectivity index (χ1) is 9.50. The zero-order chi connectivity index (χ0) is 14.4. The van der Waals surface area contributed by atoms with Gasteiger partial charge < -0.3 is 5.41 Å². The molecule has 1 aliphatic carbocycles. The van der Waals surface area contributed by atoms with Gasteiger partial charge in [0.05, 0.1) is 17.1 Å². The van der Waals surface area contributed by atoms with Crippen molar-refractivity contribution >= 4 is 38.5 Å². The number of rotatable bonds is 1. The first kappa shape index (κ1) is 13.3. The third kappa shape index (κ3) is 1.86. The Bertz CT molecular complexity index is 788. The number of benzene rings is 1. The van der Waals surface area contributed by atoms with Crippen LogP contribution in [0.5, 0.6) is 0 Å². The van der Waals surface area contributed by atoms with Gasteiger partial charge in [0.25, 0.3) is 0 Å². The van der Waals surface area contributed by atoms with Gasteiger partial charge in [0.15, 0.2) is 5.78 Å². The number of para-hydroxylation sites is 1. The van der Waals surface area contributed by atoms with Crippen molar-refractivity contribution in [2.75, 3.05) is 0 Å². The van der Waals surface area contributed by atoms with Crippen LogP contribution in [-0.2, 0) is 11.8 Å². The number of nitrogens with zero attached hydrogens (tertiary/aromatic N) is 2. The van der Waals surface area contributed by atoms with Crippen LogP contribution in [0.25, 0.3) is 11.0 Å². The average molecular weight is 336 g/mol. The SMILES string of the molecule is Cn1c(=O)n(C2CCC(=N)CC2=O)c2cccc(Br)c21. The quantitative estimate of drug-likeness (QED) is 0.869. The van der Waals surface area contributed by atoms with E-state index in [0.717, 1.165) is 15.5 Å². The Hall–Kier alpha value is -1.69. The Morgan fingerprint density at radius 2 is 2.10 bits per heavy atom. The molecule has 0 saturated heterocycles. The lowest BCUT2D eigenvalue weighted by atomic mass is 9.92. The van der Waals surface area contributed by atoms with Gasteiger partial charge in [-0.25, -0.2) is 4.79 Å². The summed E-state index contributed by atoms with van der Waals surface area (Å²) in [6.07, 6.45) is 1.26. The van der Waals surface area contributed by atoms with Crippen molar-refractivity contribution in [3.63, 3.8) is 0 Å². The molecule has 20 heavy (non-hydrogen) atoms. The monoisotopic (exact) mass is 335 g/mol. The van der Waals surface area contributed by atoms with Gasteiger partial charge in [-0.15, -0.1) is 0 Å². The van der Waals surface area contributed by atoms with Gasteiger partial charge in [-0.05, 0) is 40.9 Å². The predicted molar refractivity (Wildman–Crippen MR) is 80.5 cm³/mol. The minimum atomic E-state index is -0.449. The molecule has 5 nitrogen and oxygen atoms in total. The van der Waals surface area contributed by atoms with Gasteiger partial charge in [-0.3, -0.25) is 13.9 Å². The first-order valence-corrected chi connectivity index (χ1v) is 7.24. The van der Waals surface area contributed by atoms with E-state index >= 15 is 0 Å². The van der Waals surface area contributed by atoms with Crippen LogP contribution in [-0.4, -0.2) is 20.6 Å². The fourth-order valence-electron chi connectivity index (χ4n) is 2.85. The number of hydrogen-bond donors (Lipinski definition) is 1. The minimum Gasteiger partial charge on any atom is -0.309 e. The molecule has 1 aromatic carbocycles. The summed E-state index contributed by atoms with van der Waals surface area (Å²) in [7, 11) is 1.71. The molecule has 1 aliphatic rings. The van der Waals surface area contributed by atoms with E-state index in [1.165, 1.54) is 0 Å². The fourth-order valence-corrected chi connectivity index (χ4v) is 3.48. The van der Waals surface area contributed by atoms with Crippen molar-refractivity contribution in [2.24, 2.45) is 7.05 Å². The Balaban J connectivity index is 2.25. The van der Waals surface area contributed by atoms with E-state index in [9.17, 15) is 9.59 Å². The van der Waals surface area contributed by atoms with E-state index in [0.29, 0.717) is 18.6 Å². The number of fused-ring (bicyclic) bond motifs is 1. The van der Waals surface area contributed by atoms with Crippen LogP contribution in [0.3, 0.4) is 0 Å². The molecular formula is C14H14BrN3O2. The number of aromatic nitrogens is 2. The van der Waals surface area contributed by atoms with E-state index in [4.69, 9.17) is 5.41 Å². The molecule has 1 unspecified atom stereocenters. The second kappa shape index (κ2) is 4.70. The van der Waals surface area contributed by atoms with Gasteiger partial charge in [-0.2, -0.15) is 0 Å². The van der Waals surface area contributed by atoms with Crippen molar-refractivity contribution in [1.29, 1.82) is 5.41 Å². The molecule has 2 aromatic rings. The summed E-state index contributed by atoms with van der Waals surface area (Å²) in [5.41, 5.74) is 1.84. The number of halogens is 1. The number of carbonyl (C=O) groups excluding carboxylic acids is 1. The second-order valence-corrected chi connectivity index (χ2v) is 5.97. The number of carbonyl (C=O) groups is 1. The molecule has 1 atom stereocenters. The predicted octanol–water partition coefficient (Wildman–Crippen LogP) is 2.42. The first-order valence-electron chi connectivity index (χ1n) is 6.45. The van der Waals surface area contributed by atoms with Gasteiger partial charge in [0.2, 0.25) is 0 Å². The highest BCUT2D eigenvalue weighted by atomic mass is 79.9. The van der Waals surface area contributed by atoms with Crippen LogP contribution in [0.4, 0.5) is 0 Å². The van der Waals surface area contributed by atoms with Crippen molar-refractivity contribution in [3.05, 3.63) is 33.2 Å². The average Bonchev–Trinajstić information content (AvgIpc) is 2.64. The zero-order valence-corrected chi connectivity index (χ0v) is 12.6. The zero-order valence-electron chi connectivity index (χ0n) is 11.0. The third-order valence-electron chi connectivity index (χ3n) is 3.84. The smallest absolute Gasteiger partial charge is 0.309 e. The molecule has 0 radical (unpaired) electrons. The Labute approximate surface area is 123 Å². The summed E-state index contributed by atoms with van der Waals surface area (Å²) >= 11 is 3.45. The number of nitrogens with one attached hydrogen (secondary N) is 1. The van der Waals surface area contributed by atoms with Crippen LogP contribution in [0, 0.1) is 5.41 Å². The standard InChI is InChI=1S/C14H14BrN3O2/c1-17-13-9(15)3-2-4-11(13)18(14(17)20)10-6-5-8(16)7-12(10)19/h2-4,10,16H,5-7H2,1H3. The largest absolute Gasteiger partial charge is 0.329 e.